The number of carbonyl (C=O) groups is 2. The third kappa shape index (κ3) is 3.98. The monoisotopic (exact) mass is 276 g/mol. The van der Waals surface area contributed by atoms with E-state index in [1.165, 1.54) is 0 Å². The van der Waals surface area contributed by atoms with Crippen molar-refractivity contribution < 1.29 is 14.3 Å². The highest BCUT2D eigenvalue weighted by molar-refractivity contribution is 7.17. The maximum absolute atomic E-state index is 11.5. The Kier molecular flexibility index (Phi) is 5.37. The molecule has 0 aliphatic heterocycles. The third-order valence-electron chi connectivity index (χ3n) is 1.83. The fraction of sp³-hybridized carbons (Fsp3) is 0.500. The van der Waals surface area contributed by atoms with Crippen molar-refractivity contribution in [3.8, 4) is 0 Å². The van der Waals surface area contributed by atoms with Gasteiger partial charge in [-0.05, 0) is 13.8 Å². The molecule has 0 fully saturated rings. The second-order valence-corrected chi connectivity index (χ2v) is 4.52. The zero-order chi connectivity index (χ0) is 12.8. The van der Waals surface area contributed by atoms with Crippen LogP contribution in [0.15, 0.2) is 0 Å². The molecule has 0 saturated heterocycles. The molecule has 0 aromatic carbocycles. The molecule has 0 saturated carbocycles. The maximum Gasteiger partial charge on any atom is 0.350 e. The maximum atomic E-state index is 11.5. The number of nitrogens with zero attached hydrogens (tertiary/aromatic N) is 1. The predicted octanol–water partition coefficient (Wildman–Crippen LogP) is 2.20. The molecule has 0 aliphatic rings. The van der Waals surface area contributed by atoms with Crippen LogP contribution in [0.2, 0.25) is 0 Å². The molecule has 0 atom stereocenters. The largest absolute Gasteiger partial charge is 0.462 e. The topological polar surface area (TPSA) is 68.3 Å². The minimum Gasteiger partial charge on any atom is -0.462 e. The van der Waals surface area contributed by atoms with E-state index in [1.54, 1.807) is 13.8 Å². The van der Waals surface area contributed by atoms with Gasteiger partial charge < -0.3 is 10.1 Å². The van der Waals surface area contributed by atoms with Crippen LogP contribution in [-0.2, 0) is 9.53 Å². The van der Waals surface area contributed by atoms with E-state index in [0.29, 0.717) is 22.3 Å². The van der Waals surface area contributed by atoms with Crippen molar-refractivity contribution in [3.63, 3.8) is 0 Å². The molecular weight excluding hydrogens is 264 g/mol. The molecule has 1 heterocycles. The lowest BCUT2D eigenvalue weighted by Gasteiger charge is -1.98. The highest BCUT2D eigenvalue weighted by Crippen LogP contribution is 2.23. The van der Waals surface area contributed by atoms with Gasteiger partial charge in [-0.1, -0.05) is 11.3 Å². The Morgan fingerprint density at radius 1 is 1.53 bits per heavy atom. The van der Waals surface area contributed by atoms with Gasteiger partial charge in [0.2, 0.25) is 5.91 Å². The fourth-order valence-electron chi connectivity index (χ4n) is 1.10. The molecule has 7 heteroatoms. The van der Waals surface area contributed by atoms with E-state index < -0.39 is 5.97 Å². The minimum atomic E-state index is -0.416. The van der Waals surface area contributed by atoms with Crippen molar-refractivity contribution in [1.29, 1.82) is 0 Å². The summed E-state index contributed by atoms with van der Waals surface area (Å²) in [6.07, 6.45) is 0.217. The number of halogens is 1. The summed E-state index contributed by atoms with van der Waals surface area (Å²) in [7, 11) is 0. The van der Waals surface area contributed by atoms with E-state index in [4.69, 9.17) is 16.3 Å². The van der Waals surface area contributed by atoms with Gasteiger partial charge in [-0.2, -0.15) is 0 Å². The Labute approximate surface area is 108 Å². The first kappa shape index (κ1) is 13.9. The number of alkyl halides is 1. The highest BCUT2D eigenvalue weighted by atomic mass is 35.5. The number of thiazole rings is 1. The Morgan fingerprint density at radius 3 is 2.82 bits per heavy atom. The van der Waals surface area contributed by atoms with Crippen LogP contribution in [0.4, 0.5) is 5.13 Å². The van der Waals surface area contributed by atoms with Gasteiger partial charge in [0.25, 0.3) is 0 Å². The number of hydrogen-bond donors (Lipinski definition) is 1. The molecule has 0 aliphatic carbocycles. The second kappa shape index (κ2) is 6.56. The summed E-state index contributed by atoms with van der Waals surface area (Å²) in [5, 5.41) is 2.97. The van der Waals surface area contributed by atoms with Crippen LogP contribution >= 0.6 is 22.9 Å². The zero-order valence-corrected chi connectivity index (χ0v) is 11.2. The van der Waals surface area contributed by atoms with Crippen molar-refractivity contribution in [3.05, 3.63) is 10.6 Å². The third-order valence-corrected chi connectivity index (χ3v) is 3.07. The average Bonchev–Trinajstić information content (AvgIpc) is 2.60. The molecule has 0 radical (unpaired) electrons. The summed E-state index contributed by atoms with van der Waals surface area (Å²) in [5.74, 6) is -0.384. The van der Waals surface area contributed by atoms with Crippen LogP contribution in [0.1, 0.15) is 28.7 Å². The first-order chi connectivity index (χ1) is 8.08. The van der Waals surface area contributed by atoms with Gasteiger partial charge in [0.15, 0.2) is 5.13 Å². The first-order valence-corrected chi connectivity index (χ1v) is 6.44. The minimum absolute atomic E-state index is 0.217. The Balaban J connectivity index is 2.74. The SMILES string of the molecule is CCOC(=O)c1sc(NC(=O)CCCl)nc1C. The molecule has 1 aromatic heterocycles. The van der Waals surface area contributed by atoms with Crippen molar-refractivity contribution in [2.75, 3.05) is 17.8 Å². The lowest BCUT2D eigenvalue weighted by atomic mass is 10.4. The van der Waals surface area contributed by atoms with Crippen molar-refractivity contribution in [2.45, 2.75) is 20.3 Å². The number of ether oxygens (including phenoxy) is 1. The van der Waals surface area contributed by atoms with Crippen LogP contribution in [0.5, 0.6) is 0 Å². The van der Waals surface area contributed by atoms with E-state index in [2.05, 4.69) is 10.3 Å². The quantitative estimate of drug-likeness (QED) is 0.661. The number of amides is 1. The van der Waals surface area contributed by atoms with Gasteiger partial charge in [-0.25, -0.2) is 9.78 Å². The van der Waals surface area contributed by atoms with E-state index in [9.17, 15) is 9.59 Å². The molecule has 0 bridgehead atoms. The van der Waals surface area contributed by atoms with Gasteiger partial charge in [0.05, 0.1) is 12.3 Å². The number of anilines is 1. The fourth-order valence-corrected chi connectivity index (χ4v) is 2.15. The molecule has 17 heavy (non-hydrogen) atoms. The van der Waals surface area contributed by atoms with E-state index >= 15 is 0 Å². The molecule has 1 amide bonds. The lowest BCUT2D eigenvalue weighted by Crippen LogP contribution is -2.11. The molecule has 1 aromatic rings. The van der Waals surface area contributed by atoms with Gasteiger partial charge in [-0.15, -0.1) is 11.6 Å². The summed E-state index contributed by atoms with van der Waals surface area (Å²) in [6.45, 7) is 3.74. The Bertz CT molecular complexity index is 420. The van der Waals surface area contributed by atoms with Crippen LogP contribution in [0, 0.1) is 6.92 Å². The molecule has 1 N–H and O–H groups in total. The molecule has 0 spiro atoms. The van der Waals surface area contributed by atoms with Crippen LogP contribution in [0.25, 0.3) is 0 Å². The summed E-state index contributed by atoms with van der Waals surface area (Å²) < 4.78 is 4.87. The van der Waals surface area contributed by atoms with Crippen molar-refractivity contribution >= 4 is 39.9 Å². The van der Waals surface area contributed by atoms with E-state index in [0.717, 1.165) is 11.3 Å². The first-order valence-electron chi connectivity index (χ1n) is 5.08. The predicted molar refractivity (Wildman–Crippen MR) is 66.8 cm³/mol. The van der Waals surface area contributed by atoms with Crippen LogP contribution in [0.3, 0.4) is 0 Å². The number of hydrogen-bond acceptors (Lipinski definition) is 5. The average molecular weight is 277 g/mol. The summed E-state index contributed by atoms with van der Waals surface area (Å²) in [4.78, 5) is 27.3. The molecular formula is C10H13ClN2O3S. The summed E-state index contributed by atoms with van der Waals surface area (Å²) in [6, 6.07) is 0. The molecule has 94 valence electrons. The number of carbonyl (C=O) groups excluding carboxylic acids is 2. The molecule has 1 rings (SSSR count). The summed E-state index contributed by atoms with van der Waals surface area (Å²) in [5.41, 5.74) is 0.551. The van der Waals surface area contributed by atoms with Gasteiger partial charge >= 0.3 is 5.97 Å². The smallest absolute Gasteiger partial charge is 0.350 e. The second-order valence-electron chi connectivity index (χ2n) is 3.14. The summed E-state index contributed by atoms with van der Waals surface area (Å²) >= 11 is 6.54. The highest BCUT2D eigenvalue weighted by Gasteiger charge is 2.17. The number of esters is 1. The standard InChI is InChI=1S/C10H13ClN2O3S/c1-3-16-9(15)8-6(2)12-10(17-8)13-7(14)4-5-11/h3-5H2,1-2H3,(H,12,13,14). The number of aromatic nitrogens is 1. The zero-order valence-electron chi connectivity index (χ0n) is 9.58. The van der Waals surface area contributed by atoms with Gasteiger partial charge in [-0.3, -0.25) is 4.79 Å². The van der Waals surface area contributed by atoms with E-state index in [-0.39, 0.29) is 18.2 Å². The number of rotatable bonds is 5. The van der Waals surface area contributed by atoms with Crippen molar-refractivity contribution in [2.24, 2.45) is 0 Å². The molecule has 0 unspecified atom stereocenters. The lowest BCUT2D eigenvalue weighted by molar-refractivity contribution is -0.115. The Hall–Kier alpha value is -1.14. The van der Waals surface area contributed by atoms with Crippen molar-refractivity contribution in [1.82, 2.24) is 4.98 Å². The number of aryl methyl sites for hydroxylation is 1. The van der Waals surface area contributed by atoms with Gasteiger partial charge in [0.1, 0.15) is 4.88 Å². The van der Waals surface area contributed by atoms with Crippen LogP contribution in [-0.4, -0.2) is 29.3 Å². The van der Waals surface area contributed by atoms with Gasteiger partial charge in [0, 0.05) is 12.3 Å². The number of nitrogens with one attached hydrogen (secondary N) is 1. The van der Waals surface area contributed by atoms with Crippen LogP contribution < -0.4 is 5.32 Å². The molecule has 5 nitrogen and oxygen atoms in total. The van der Waals surface area contributed by atoms with E-state index in [1.807, 2.05) is 0 Å². The normalized spacial score (nSPS) is 10.1. The Morgan fingerprint density at radius 2 is 2.24 bits per heavy atom.